The summed E-state index contributed by atoms with van der Waals surface area (Å²) in [5, 5.41) is 3.45. The molecule has 0 bridgehead atoms. The summed E-state index contributed by atoms with van der Waals surface area (Å²) < 4.78 is 65.3. The number of methoxy groups -OCH3 is 1. The van der Waals surface area contributed by atoms with Crippen molar-refractivity contribution in [1.82, 2.24) is 10.2 Å². The van der Waals surface area contributed by atoms with Crippen LogP contribution >= 0.6 is 0 Å². The molecule has 0 aromatic heterocycles. The van der Waals surface area contributed by atoms with Crippen LogP contribution in [0.5, 0.6) is 5.75 Å². The third-order valence-electron chi connectivity index (χ3n) is 7.77. The van der Waals surface area contributed by atoms with Crippen LogP contribution in [0.4, 0.5) is 17.6 Å². The van der Waals surface area contributed by atoms with Crippen molar-refractivity contribution >= 4 is 5.91 Å². The third-order valence-corrected chi connectivity index (χ3v) is 7.77. The molecule has 2 fully saturated rings. The molecule has 202 valence electrons. The molecule has 0 unspecified atom stereocenters. The number of piperidine rings is 2. The minimum atomic E-state index is -4.50. The van der Waals surface area contributed by atoms with E-state index in [0.29, 0.717) is 45.0 Å². The summed E-state index contributed by atoms with van der Waals surface area (Å²) in [6.45, 7) is 3.49. The number of nitrogens with zero attached hydrogens (tertiary/aromatic N) is 1. The van der Waals surface area contributed by atoms with Gasteiger partial charge < -0.3 is 19.7 Å². The monoisotopic (exact) mass is 522 g/mol. The summed E-state index contributed by atoms with van der Waals surface area (Å²) in [5.41, 5.74) is 0.0880. The molecule has 2 aliphatic rings. The number of alkyl halides is 3. The molecule has 2 aliphatic heterocycles. The van der Waals surface area contributed by atoms with E-state index in [9.17, 15) is 22.4 Å². The van der Waals surface area contributed by atoms with E-state index in [2.05, 4.69) is 5.32 Å². The maximum atomic E-state index is 14.1. The van der Waals surface area contributed by atoms with Gasteiger partial charge in [0, 0.05) is 51.8 Å². The lowest BCUT2D eigenvalue weighted by Crippen LogP contribution is -2.51. The molecule has 37 heavy (non-hydrogen) atoms. The van der Waals surface area contributed by atoms with Crippen LogP contribution in [0.25, 0.3) is 0 Å². The van der Waals surface area contributed by atoms with E-state index in [4.69, 9.17) is 9.47 Å². The van der Waals surface area contributed by atoms with Gasteiger partial charge in [0.2, 0.25) is 5.91 Å². The summed E-state index contributed by atoms with van der Waals surface area (Å²) in [6.07, 6.45) is -1.72. The van der Waals surface area contributed by atoms with Crippen molar-refractivity contribution in [3.8, 4) is 5.75 Å². The number of benzene rings is 2. The van der Waals surface area contributed by atoms with Crippen molar-refractivity contribution in [2.75, 3.05) is 46.5 Å². The second-order valence-corrected chi connectivity index (χ2v) is 9.96. The Kier molecular flexibility index (Phi) is 8.75. The zero-order valence-corrected chi connectivity index (χ0v) is 21.1. The molecule has 2 aromatic rings. The number of ether oxygens (including phenoxy) is 2. The molecule has 2 heterocycles. The van der Waals surface area contributed by atoms with Gasteiger partial charge in [-0.2, -0.15) is 13.2 Å². The summed E-state index contributed by atoms with van der Waals surface area (Å²) in [5.74, 6) is -0.0437. The largest absolute Gasteiger partial charge is 0.493 e. The summed E-state index contributed by atoms with van der Waals surface area (Å²) >= 11 is 0. The molecule has 9 heteroatoms. The van der Waals surface area contributed by atoms with Gasteiger partial charge in [0.05, 0.1) is 18.6 Å². The van der Waals surface area contributed by atoms with Gasteiger partial charge in [-0.1, -0.05) is 24.3 Å². The zero-order chi connectivity index (χ0) is 26.5. The molecule has 4 rings (SSSR count). The van der Waals surface area contributed by atoms with Crippen molar-refractivity contribution in [2.24, 2.45) is 5.41 Å². The molecular formula is C28H34F4N2O3. The zero-order valence-electron chi connectivity index (χ0n) is 21.1. The van der Waals surface area contributed by atoms with Crippen LogP contribution in [0, 0.1) is 11.2 Å². The summed E-state index contributed by atoms with van der Waals surface area (Å²) in [7, 11) is 1.62. The van der Waals surface area contributed by atoms with Gasteiger partial charge in [-0.05, 0) is 54.5 Å². The van der Waals surface area contributed by atoms with Gasteiger partial charge in [-0.15, -0.1) is 0 Å². The van der Waals surface area contributed by atoms with Gasteiger partial charge in [0.15, 0.2) is 0 Å². The van der Waals surface area contributed by atoms with Crippen LogP contribution in [0.1, 0.15) is 48.3 Å². The lowest BCUT2D eigenvalue weighted by atomic mass is 9.62. The maximum Gasteiger partial charge on any atom is 0.416 e. The normalized spacial score (nSPS) is 19.7. The van der Waals surface area contributed by atoms with Crippen LogP contribution in [0.2, 0.25) is 0 Å². The molecule has 1 N–H and O–H groups in total. The fraction of sp³-hybridized carbons (Fsp3) is 0.536. The lowest BCUT2D eigenvalue weighted by molar-refractivity contribution is -0.139. The number of carbonyl (C=O) groups is 1. The molecule has 0 saturated carbocycles. The number of amides is 1. The molecule has 1 atom stereocenters. The fourth-order valence-electron chi connectivity index (χ4n) is 5.75. The van der Waals surface area contributed by atoms with Crippen LogP contribution in [0.3, 0.4) is 0 Å². The third kappa shape index (κ3) is 6.44. The number of hydrogen-bond acceptors (Lipinski definition) is 4. The standard InChI is InChI=1S/C28H34F4N2O3/c1-36-15-4-16-37-25-18-21(29)7-8-22(25)24-19-33-12-9-27(24)10-13-34(14-11-27)26(35)17-20-5-2-3-6-23(20)28(30,31)32/h2-3,5-8,18,24,33H,4,9-17,19H2,1H3/t24-/m0/s1. The van der Waals surface area contributed by atoms with E-state index >= 15 is 0 Å². The Bertz CT molecular complexity index is 1070. The maximum absolute atomic E-state index is 14.1. The lowest BCUT2D eigenvalue weighted by Gasteiger charge is -2.50. The van der Waals surface area contributed by atoms with Gasteiger partial charge in [0.1, 0.15) is 11.6 Å². The Morgan fingerprint density at radius 2 is 1.86 bits per heavy atom. The molecule has 1 spiro atoms. The minimum Gasteiger partial charge on any atom is -0.493 e. The topological polar surface area (TPSA) is 50.8 Å². The summed E-state index contributed by atoms with van der Waals surface area (Å²) in [6, 6.07) is 9.94. The molecule has 0 aliphatic carbocycles. The van der Waals surface area contributed by atoms with Crippen LogP contribution in [0.15, 0.2) is 42.5 Å². The first kappa shape index (κ1) is 27.4. The molecule has 0 radical (unpaired) electrons. The van der Waals surface area contributed by atoms with E-state index in [1.807, 2.05) is 0 Å². The molecular weight excluding hydrogens is 488 g/mol. The molecule has 1 amide bonds. The minimum absolute atomic E-state index is 0.00149. The molecule has 2 saturated heterocycles. The Labute approximate surface area is 215 Å². The van der Waals surface area contributed by atoms with Crippen LogP contribution < -0.4 is 10.1 Å². The Balaban J connectivity index is 1.47. The second-order valence-electron chi connectivity index (χ2n) is 9.96. The number of halogens is 4. The highest BCUT2D eigenvalue weighted by Crippen LogP contribution is 2.50. The van der Waals surface area contributed by atoms with Crippen molar-refractivity contribution in [2.45, 2.75) is 44.2 Å². The van der Waals surface area contributed by atoms with Gasteiger partial charge in [0.25, 0.3) is 0 Å². The van der Waals surface area contributed by atoms with Crippen molar-refractivity contribution in [3.05, 3.63) is 65.0 Å². The quantitative estimate of drug-likeness (QED) is 0.383. The first-order valence-electron chi connectivity index (χ1n) is 12.8. The van der Waals surface area contributed by atoms with Gasteiger partial charge in [-0.25, -0.2) is 4.39 Å². The van der Waals surface area contributed by atoms with Gasteiger partial charge in [-0.3, -0.25) is 4.79 Å². The highest BCUT2D eigenvalue weighted by molar-refractivity contribution is 5.79. The molecule has 5 nitrogen and oxygen atoms in total. The fourth-order valence-corrected chi connectivity index (χ4v) is 5.75. The van der Waals surface area contributed by atoms with E-state index < -0.39 is 11.7 Å². The average Bonchev–Trinajstić information content (AvgIpc) is 2.87. The van der Waals surface area contributed by atoms with Gasteiger partial charge >= 0.3 is 6.18 Å². The number of hydrogen-bond donors (Lipinski definition) is 1. The first-order valence-corrected chi connectivity index (χ1v) is 12.8. The highest BCUT2D eigenvalue weighted by atomic mass is 19.4. The summed E-state index contributed by atoms with van der Waals surface area (Å²) in [4.78, 5) is 14.7. The van der Waals surface area contributed by atoms with Crippen molar-refractivity contribution < 1.29 is 31.8 Å². The number of carbonyl (C=O) groups excluding carboxylic acids is 1. The van der Waals surface area contributed by atoms with Crippen LogP contribution in [-0.4, -0.2) is 57.3 Å². The van der Waals surface area contributed by atoms with E-state index in [0.717, 1.165) is 37.4 Å². The average molecular weight is 523 g/mol. The SMILES string of the molecule is COCCCOc1cc(F)ccc1[C@@H]1CNCCC12CCN(C(=O)Cc1ccccc1C(F)(F)F)CC2. The second kappa shape index (κ2) is 11.8. The van der Waals surface area contributed by atoms with E-state index in [1.165, 1.54) is 30.3 Å². The predicted octanol–water partition coefficient (Wildman–Crippen LogP) is 5.19. The van der Waals surface area contributed by atoms with Crippen molar-refractivity contribution in [1.29, 1.82) is 0 Å². The van der Waals surface area contributed by atoms with E-state index in [-0.39, 0.29) is 35.0 Å². The Morgan fingerprint density at radius 3 is 2.59 bits per heavy atom. The number of likely N-dealkylation sites (tertiary alicyclic amines) is 1. The Hall–Kier alpha value is -2.65. The van der Waals surface area contributed by atoms with Crippen molar-refractivity contribution in [3.63, 3.8) is 0 Å². The molecule has 2 aromatic carbocycles. The number of rotatable bonds is 8. The smallest absolute Gasteiger partial charge is 0.416 e. The Morgan fingerprint density at radius 1 is 1.11 bits per heavy atom. The van der Waals surface area contributed by atoms with Crippen LogP contribution in [-0.2, 0) is 22.1 Å². The number of nitrogens with one attached hydrogen (secondary N) is 1. The highest BCUT2D eigenvalue weighted by Gasteiger charge is 2.45. The van der Waals surface area contributed by atoms with E-state index in [1.54, 1.807) is 18.1 Å². The predicted molar refractivity (Wildman–Crippen MR) is 132 cm³/mol. The first-order chi connectivity index (χ1) is 17.7.